The number of amides is 2. The number of halogens is 1. The lowest BCUT2D eigenvalue weighted by atomic mass is 10.0. The Hall–Kier alpha value is -2.97. The van der Waals surface area contributed by atoms with Gasteiger partial charge in [0.25, 0.3) is 11.8 Å². The van der Waals surface area contributed by atoms with E-state index in [-0.39, 0.29) is 17.9 Å². The smallest absolute Gasteiger partial charge is 0.256 e. The maximum absolute atomic E-state index is 13.6. The van der Waals surface area contributed by atoms with Crippen LogP contribution in [0, 0.1) is 19.7 Å². The van der Waals surface area contributed by atoms with E-state index < -0.39 is 11.9 Å². The molecular formula is C20H21FN4O3. The van der Waals surface area contributed by atoms with Crippen molar-refractivity contribution in [3.8, 4) is 0 Å². The van der Waals surface area contributed by atoms with E-state index in [4.69, 9.17) is 0 Å². The van der Waals surface area contributed by atoms with Gasteiger partial charge in [0.15, 0.2) is 0 Å². The number of hydrogen-bond acceptors (Lipinski definition) is 4. The van der Waals surface area contributed by atoms with Crippen molar-refractivity contribution >= 4 is 29.2 Å². The molecule has 2 aliphatic heterocycles. The predicted molar refractivity (Wildman–Crippen MR) is 103 cm³/mol. The fourth-order valence-electron chi connectivity index (χ4n) is 3.76. The second-order valence-electron chi connectivity index (χ2n) is 7.17. The van der Waals surface area contributed by atoms with Gasteiger partial charge in [-0.3, -0.25) is 9.59 Å². The second-order valence-corrected chi connectivity index (χ2v) is 7.17. The highest BCUT2D eigenvalue weighted by atomic mass is 19.1. The molecule has 7 nitrogen and oxygen atoms in total. The summed E-state index contributed by atoms with van der Waals surface area (Å²) < 4.78 is 13.6. The van der Waals surface area contributed by atoms with Gasteiger partial charge >= 0.3 is 0 Å². The van der Waals surface area contributed by atoms with Crippen molar-refractivity contribution < 1.29 is 19.1 Å². The van der Waals surface area contributed by atoms with E-state index >= 15 is 0 Å². The molecule has 1 fully saturated rings. The summed E-state index contributed by atoms with van der Waals surface area (Å²) in [5.74, 6) is -1.03. The molecule has 3 heterocycles. The number of rotatable bonds is 3. The van der Waals surface area contributed by atoms with E-state index in [0.717, 1.165) is 0 Å². The fraction of sp³-hybridized carbons (Fsp3) is 0.300. The molecule has 2 unspecified atom stereocenters. The zero-order valence-corrected chi connectivity index (χ0v) is 15.5. The van der Waals surface area contributed by atoms with Gasteiger partial charge in [-0.25, -0.2) is 4.39 Å². The Morgan fingerprint density at radius 3 is 2.82 bits per heavy atom. The van der Waals surface area contributed by atoms with Crippen LogP contribution in [0.15, 0.2) is 18.2 Å². The molecule has 2 amide bonds. The number of carbonyl (C=O) groups is 2. The fourth-order valence-corrected chi connectivity index (χ4v) is 3.76. The van der Waals surface area contributed by atoms with E-state index in [1.165, 1.54) is 18.2 Å². The zero-order valence-electron chi connectivity index (χ0n) is 15.5. The molecule has 0 spiro atoms. The number of aryl methyl sites for hydroxylation is 1. The number of hydrogen-bond donors (Lipinski definition) is 5. The van der Waals surface area contributed by atoms with Crippen LogP contribution in [0.2, 0.25) is 0 Å². The molecule has 8 heteroatoms. The molecule has 146 valence electrons. The topological polar surface area (TPSA) is 106 Å². The number of H-pyrrole nitrogens is 1. The third-order valence-corrected chi connectivity index (χ3v) is 5.26. The van der Waals surface area contributed by atoms with E-state index in [9.17, 15) is 19.1 Å². The second kappa shape index (κ2) is 6.88. The Morgan fingerprint density at radius 1 is 1.32 bits per heavy atom. The first-order valence-corrected chi connectivity index (χ1v) is 9.07. The molecule has 1 saturated heterocycles. The van der Waals surface area contributed by atoms with Crippen molar-refractivity contribution in [1.82, 2.24) is 15.6 Å². The van der Waals surface area contributed by atoms with Crippen molar-refractivity contribution in [1.29, 1.82) is 0 Å². The van der Waals surface area contributed by atoms with E-state index in [1.54, 1.807) is 19.9 Å². The quantitative estimate of drug-likeness (QED) is 0.515. The predicted octanol–water partition coefficient (Wildman–Crippen LogP) is 1.33. The number of benzene rings is 1. The van der Waals surface area contributed by atoms with E-state index in [0.29, 0.717) is 52.4 Å². The van der Waals surface area contributed by atoms with Gasteiger partial charge in [0.2, 0.25) is 0 Å². The lowest BCUT2D eigenvalue weighted by molar-refractivity contribution is -0.110. The highest BCUT2D eigenvalue weighted by molar-refractivity contribution is 6.34. The van der Waals surface area contributed by atoms with Gasteiger partial charge in [0.05, 0.1) is 23.3 Å². The first kappa shape index (κ1) is 18.4. The van der Waals surface area contributed by atoms with Gasteiger partial charge < -0.3 is 26.0 Å². The van der Waals surface area contributed by atoms with Crippen molar-refractivity contribution in [2.75, 3.05) is 18.4 Å². The molecule has 0 saturated carbocycles. The van der Waals surface area contributed by atoms with Crippen LogP contribution in [0.3, 0.4) is 0 Å². The molecule has 0 aliphatic carbocycles. The maximum atomic E-state index is 13.6. The normalized spacial score (nSPS) is 22.4. The molecule has 5 N–H and O–H groups in total. The Kier molecular flexibility index (Phi) is 4.52. The number of fused-ring (bicyclic) bond motifs is 1. The lowest BCUT2D eigenvalue weighted by Gasteiger charge is -2.15. The van der Waals surface area contributed by atoms with Crippen LogP contribution in [0.5, 0.6) is 0 Å². The van der Waals surface area contributed by atoms with Crippen molar-refractivity contribution in [3.05, 3.63) is 52.1 Å². The van der Waals surface area contributed by atoms with Crippen molar-refractivity contribution in [2.24, 2.45) is 0 Å². The molecule has 2 atom stereocenters. The highest BCUT2D eigenvalue weighted by Gasteiger charge is 2.29. The summed E-state index contributed by atoms with van der Waals surface area (Å²) in [6.07, 6.45) is 1.00. The van der Waals surface area contributed by atoms with Crippen LogP contribution in [-0.2, 0) is 4.79 Å². The minimum atomic E-state index is -0.626. The van der Waals surface area contributed by atoms with Crippen LogP contribution in [0.4, 0.5) is 10.1 Å². The number of aromatic nitrogens is 1. The van der Waals surface area contributed by atoms with E-state index in [1.807, 2.05) is 0 Å². The minimum absolute atomic E-state index is 0.286. The van der Waals surface area contributed by atoms with Gasteiger partial charge in [-0.2, -0.15) is 0 Å². The Balaban J connectivity index is 1.67. The number of anilines is 1. The van der Waals surface area contributed by atoms with Gasteiger partial charge in [-0.1, -0.05) is 0 Å². The van der Waals surface area contributed by atoms with Crippen LogP contribution in [0.25, 0.3) is 11.6 Å². The van der Waals surface area contributed by atoms with Gasteiger partial charge in [-0.15, -0.1) is 0 Å². The zero-order chi connectivity index (χ0) is 20.0. The van der Waals surface area contributed by atoms with Crippen molar-refractivity contribution in [3.63, 3.8) is 0 Å². The van der Waals surface area contributed by atoms with Crippen LogP contribution >= 0.6 is 0 Å². The molecule has 0 bridgehead atoms. The summed E-state index contributed by atoms with van der Waals surface area (Å²) in [6, 6.07) is 3.78. The molecule has 1 aromatic heterocycles. The number of carbonyl (C=O) groups excluding carboxylic acids is 2. The molecule has 1 aromatic carbocycles. The standard InChI is InChI=1S/C20H21FN4O3/c1-9-15(6-13-12-5-11(21)3-4-14(12)24-19(13)27)23-10(2)18(9)20(28)25-16-7-22-8-17(16)26/h3-6,16-17,22-23,26H,7-8H2,1-2H3,(H,24,27)(H,25,28)/b13-6-. The number of β-amino-alcohol motifs (C(OH)–C–C–N with tert-alkyl or cyclic N) is 1. The lowest BCUT2D eigenvalue weighted by Crippen LogP contribution is -2.43. The summed E-state index contributed by atoms with van der Waals surface area (Å²) in [5.41, 5.74) is 3.79. The van der Waals surface area contributed by atoms with Crippen molar-refractivity contribution in [2.45, 2.75) is 26.0 Å². The van der Waals surface area contributed by atoms with Crippen LogP contribution in [0.1, 0.15) is 32.9 Å². The van der Waals surface area contributed by atoms with Gasteiger partial charge in [0.1, 0.15) is 5.82 Å². The number of aromatic amines is 1. The molecule has 2 aromatic rings. The molecule has 0 radical (unpaired) electrons. The number of nitrogens with one attached hydrogen (secondary N) is 4. The van der Waals surface area contributed by atoms with Gasteiger partial charge in [0, 0.05) is 35.7 Å². The third-order valence-electron chi connectivity index (χ3n) is 5.26. The Labute approximate surface area is 161 Å². The SMILES string of the molecule is Cc1[nH]c(/C=C2\C(=O)Nc3ccc(F)cc32)c(C)c1C(=O)NC1CNCC1O. The molecular weight excluding hydrogens is 363 g/mol. The first-order chi connectivity index (χ1) is 13.3. The summed E-state index contributed by atoms with van der Waals surface area (Å²) in [4.78, 5) is 28.2. The van der Waals surface area contributed by atoms with Crippen LogP contribution < -0.4 is 16.0 Å². The highest BCUT2D eigenvalue weighted by Crippen LogP contribution is 2.34. The summed E-state index contributed by atoms with van der Waals surface area (Å²) >= 11 is 0. The summed E-state index contributed by atoms with van der Waals surface area (Å²) in [6.45, 7) is 4.51. The minimum Gasteiger partial charge on any atom is -0.390 e. The molecule has 2 aliphatic rings. The maximum Gasteiger partial charge on any atom is 0.256 e. The van der Waals surface area contributed by atoms with Crippen LogP contribution in [-0.4, -0.2) is 47.1 Å². The first-order valence-electron chi connectivity index (χ1n) is 9.07. The molecule has 28 heavy (non-hydrogen) atoms. The number of aliphatic hydroxyl groups is 1. The Bertz CT molecular complexity index is 1010. The summed E-state index contributed by atoms with van der Waals surface area (Å²) in [5, 5.41) is 18.5. The third kappa shape index (κ3) is 3.10. The monoisotopic (exact) mass is 384 g/mol. The van der Waals surface area contributed by atoms with Gasteiger partial charge in [-0.05, 0) is 43.7 Å². The average molecular weight is 384 g/mol. The largest absolute Gasteiger partial charge is 0.390 e. The molecule has 4 rings (SSSR count). The Morgan fingerprint density at radius 2 is 2.11 bits per heavy atom. The average Bonchev–Trinajstić information content (AvgIpc) is 3.26. The number of aliphatic hydroxyl groups excluding tert-OH is 1. The van der Waals surface area contributed by atoms with E-state index in [2.05, 4.69) is 20.9 Å². The summed E-state index contributed by atoms with van der Waals surface area (Å²) in [7, 11) is 0.